The van der Waals surface area contributed by atoms with E-state index in [0.717, 1.165) is 195 Å². The number of unbranched alkanes of at least 4 members (excludes halogenated alkanes) is 9. The summed E-state index contributed by atoms with van der Waals surface area (Å²) in [6.07, 6.45) is 31.2. The van der Waals surface area contributed by atoms with Gasteiger partial charge in [-0.15, -0.1) is 0 Å². The van der Waals surface area contributed by atoms with Gasteiger partial charge in [0.1, 0.15) is 35.9 Å². The van der Waals surface area contributed by atoms with Gasteiger partial charge in [-0.05, 0) is 248 Å². The normalized spacial score (nSPS) is 23.4. The van der Waals surface area contributed by atoms with Crippen molar-refractivity contribution in [3.8, 4) is 11.5 Å². The van der Waals surface area contributed by atoms with Crippen molar-refractivity contribution in [1.82, 2.24) is 21.3 Å². The Balaban J connectivity index is 0.000000338. The van der Waals surface area contributed by atoms with Gasteiger partial charge >= 0.3 is 23.9 Å². The Hall–Kier alpha value is -4.32. The van der Waals surface area contributed by atoms with Gasteiger partial charge in [-0.1, -0.05) is 187 Å². The molecule has 1 aliphatic carbocycles. The van der Waals surface area contributed by atoms with E-state index < -0.39 is 0 Å². The summed E-state index contributed by atoms with van der Waals surface area (Å²) in [4.78, 5) is 49.8. The third kappa shape index (κ3) is 36.9. The van der Waals surface area contributed by atoms with Gasteiger partial charge in [0.05, 0.1) is 19.1 Å². The van der Waals surface area contributed by atoms with Crippen LogP contribution in [0.3, 0.4) is 0 Å². The molecule has 1 atom stereocenters. The first kappa shape index (κ1) is 104. The average Bonchev–Trinajstić information content (AvgIpc) is 0.777. The lowest BCUT2D eigenvalue weighted by molar-refractivity contribution is -0.206. The van der Waals surface area contributed by atoms with Crippen molar-refractivity contribution in [3.63, 3.8) is 0 Å². The van der Waals surface area contributed by atoms with Gasteiger partial charge in [-0.2, -0.15) is 0 Å². The number of hydrogen-bond acceptors (Lipinski definition) is 16. The number of esters is 4. The number of phenols is 2. The number of piperidine rings is 4. The van der Waals surface area contributed by atoms with Gasteiger partial charge in [0, 0.05) is 128 Å². The summed E-state index contributed by atoms with van der Waals surface area (Å²) < 4.78 is 35.4. The minimum absolute atomic E-state index is 0. The summed E-state index contributed by atoms with van der Waals surface area (Å²) in [6, 6.07) is 8.70. The molecule has 16 heteroatoms. The summed E-state index contributed by atoms with van der Waals surface area (Å²) in [5.74, 6) is 2.78. The molecule has 2 aromatic carbocycles. The van der Waals surface area contributed by atoms with Crippen LogP contribution in [0.15, 0.2) is 24.3 Å². The highest BCUT2D eigenvalue weighted by Gasteiger charge is 2.44. The van der Waals surface area contributed by atoms with Gasteiger partial charge in [-0.25, -0.2) is 0 Å². The number of phenolic OH excluding ortho intramolecular Hbond substituents is 2. The van der Waals surface area contributed by atoms with Gasteiger partial charge in [0.15, 0.2) is 6.29 Å². The minimum Gasteiger partial charge on any atom is -0.507 e. The Bertz CT molecular complexity index is 3120. The number of aromatic hydroxyl groups is 2. The smallest absolute Gasteiger partial charge is 0.309 e. The van der Waals surface area contributed by atoms with Crippen LogP contribution in [0, 0.1) is 17.8 Å². The standard InChI is InChI=1S/C30H56N2O4.C28H52N2O4.C23H38O.C21H34O3.H2/c1-10-22(26(34)36-24-20-29(6,7)32-30(8,9)21-24)16-14-12-11-13-15-17-25(33)35-23-18-27(2,3)31-28(4,5)19-23;1-25(2)17-21(18-26(3,4)29-25)33-23(31)15-13-11-9-10-12-14-16-24(32)34-22-19-27(5,6)30-28(7,8)20-22;1-8-9-16-10-12-17(13-11-16)18-14-19(22(2,3)4)21(24)20(15-18)23(5,6)7;1-8-9-14-12-23-19(24-13-14)15-10-16(20(2,3)4)18(22)17(11-15)21(5,6)7;/h22-24,31-32H,10-21H2,1-9H3;21-22,29-30H,9-20H2,1-8H3;14-17,24H,8-13H2,1-7H3;10-11,14,19,22H,8-9,12-13H2,1-7H3;1H. The Kier molecular flexibility index (Phi) is 38.9. The van der Waals surface area contributed by atoms with E-state index >= 15 is 0 Å². The second kappa shape index (κ2) is 44.0. The molecule has 6 fully saturated rings. The van der Waals surface area contributed by atoms with E-state index in [1.807, 2.05) is 0 Å². The molecule has 5 aliphatic heterocycles. The third-order valence-electron chi connectivity index (χ3n) is 25.0. The number of ether oxygens (including phenoxy) is 6. The van der Waals surface area contributed by atoms with Crippen LogP contribution in [-0.2, 0) is 69.3 Å². The highest BCUT2D eigenvalue weighted by Crippen LogP contribution is 2.47. The van der Waals surface area contributed by atoms with Crippen LogP contribution in [-0.4, -0.2) is 116 Å². The molecule has 682 valence electrons. The van der Waals surface area contributed by atoms with Crippen LogP contribution >= 0.6 is 0 Å². The van der Waals surface area contributed by atoms with Crippen molar-refractivity contribution in [2.24, 2.45) is 17.8 Å². The molecule has 0 bridgehead atoms. The molecular weight excluding hydrogens is 1470 g/mol. The molecule has 1 saturated carbocycles. The molecule has 5 heterocycles. The molecule has 6 aliphatic rings. The zero-order chi connectivity index (χ0) is 89.1. The minimum atomic E-state index is -0.332. The van der Waals surface area contributed by atoms with Crippen LogP contribution in [0.5, 0.6) is 11.5 Å². The molecule has 16 nitrogen and oxygen atoms in total. The van der Waals surface area contributed by atoms with Crippen LogP contribution < -0.4 is 21.3 Å². The number of benzene rings is 2. The SMILES string of the molecule is CC1(C)CC(OC(=O)CCCCCCCCC(=O)OC2CC(C)(C)NC(C)(C)C2)CC(C)(C)N1.CCC(CCCCCCCC(=O)OC1CC(C)(C)NC(C)(C)C1)C(=O)OC1CC(C)(C)NC(C)(C)C1.CCCC1CCC(c2cc(C(C)(C)C)c(O)c(C(C)(C)C)c2)CC1.CCCC1COC(c2cc(C(C)(C)C)c(O)c(C(C)(C)C)c2)OC1.[HH]. The molecule has 1 unspecified atom stereocenters. The molecule has 2 aromatic rings. The van der Waals surface area contributed by atoms with Crippen LogP contribution in [0.2, 0.25) is 0 Å². The second-order valence-electron chi connectivity index (χ2n) is 46.7. The van der Waals surface area contributed by atoms with E-state index in [1.54, 1.807) is 0 Å². The molecule has 6 N–H and O–H groups in total. The largest absolute Gasteiger partial charge is 0.507 e. The van der Waals surface area contributed by atoms with E-state index in [2.05, 4.69) is 260 Å². The number of carbonyl (C=O) groups excluding carboxylic acids is 4. The van der Waals surface area contributed by atoms with Gasteiger partial charge in [-0.3, -0.25) is 19.2 Å². The molecule has 0 radical (unpaired) electrons. The lowest BCUT2D eigenvalue weighted by atomic mass is 9.73. The van der Waals surface area contributed by atoms with Crippen LogP contribution in [0.1, 0.15) is 467 Å². The second-order valence-corrected chi connectivity index (χ2v) is 46.7. The van der Waals surface area contributed by atoms with E-state index in [1.165, 1.54) is 44.1 Å². The topological polar surface area (TPSA) is 212 Å². The Morgan fingerprint density at radius 2 is 0.653 bits per heavy atom. The monoisotopic (exact) mass is 1660 g/mol. The highest BCUT2D eigenvalue weighted by atomic mass is 16.7. The van der Waals surface area contributed by atoms with Gasteiger partial charge in [0.2, 0.25) is 0 Å². The number of rotatable bonds is 29. The molecule has 118 heavy (non-hydrogen) atoms. The first-order valence-electron chi connectivity index (χ1n) is 47.1. The summed E-state index contributed by atoms with van der Waals surface area (Å²) in [7, 11) is 0. The average molecular weight is 1660 g/mol. The van der Waals surface area contributed by atoms with E-state index in [0.29, 0.717) is 42.6 Å². The summed E-state index contributed by atoms with van der Waals surface area (Å²) in [6.45, 7) is 68.8. The zero-order valence-corrected chi connectivity index (χ0v) is 81.5. The summed E-state index contributed by atoms with van der Waals surface area (Å²) >= 11 is 0. The summed E-state index contributed by atoms with van der Waals surface area (Å²) in [5, 5.41) is 36.2. The fraction of sp³-hybridized carbons (Fsp3) is 0.843. The molecular formula is C102H182N4O12. The van der Waals surface area contributed by atoms with Crippen LogP contribution in [0.4, 0.5) is 0 Å². The molecule has 0 aromatic heterocycles. The molecule has 8 rings (SSSR count). The van der Waals surface area contributed by atoms with E-state index in [4.69, 9.17) is 28.4 Å². The summed E-state index contributed by atoms with van der Waals surface area (Å²) in [5.41, 5.74) is 6.12. The van der Waals surface area contributed by atoms with Crippen molar-refractivity contribution in [2.75, 3.05) is 13.2 Å². The lowest BCUT2D eigenvalue weighted by Crippen LogP contribution is -2.59. The Labute approximate surface area is 723 Å². The number of carbonyl (C=O) groups is 4. The molecule has 0 amide bonds. The highest BCUT2D eigenvalue weighted by molar-refractivity contribution is 5.73. The number of nitrogens with one attached hydrogen (secondary N) is 4. The fourth-order valence-corrected chi connectivity index (χ4v) is 20.6. The maximum absolute atomic E-state index is 12.9. The Morgan fingerprint density at radius 3 is 0.932 bits per heavy atom. The quantitative estimate of drug-likeness (QED) is 0.0254. The molecule has 0 spiro atoms. The first-order chi connectivity index (χ1) is 54.2. The van der Waals surface area contributed by atoms with Crippen molar-refractivity contribution >= 4 is 23.9 Å². The number of hydrogen-bond donors (Lipinski definition) is 6. The van der Waals surface area contributed by atoms with Crippen molar-refractivity contribution in [1.29, 1.82) is 0 Å². The zero-order valence-electron chi connectivity index (χ0n) is 81.5. The fourth-order valence-electron chi connectivity index (χ4n) is 20.6. The van der Waals surface area contributed by atoms with Crippen LogP contribution in [0.25, 0.3) is 0 Å². The predicted octanol–water partition coefficient (Wildman–Crippen LogP) is 25.0. The van der Waals surface area contributed by atoms with Crippen molar-refractivity contribution < 1.29 is 59.2 Å². The first-order valence-corrected chi connectivity index (χ1v) is 47.1. The van der Waals surface area contributed by atoms with Crippen molar-refractivity contribution in [2.45, 2.75) is 523 Å². The predicted molar refractivity (Wildman–Crippen MR) is 490 cm³/mol. The van der Waals surface area contributed by atoms with Crippen molar-refractivity contribution in [3.05, 3.63) is 57.6 Å². The maximum atomic E-state index is 12.9. The van der Waals surface area contributed by atoms with E-state index in [9.17, 15) is 29.4 Å². The van der Waals surface area contributed by atoms with E-state index in [-0.39, 0.29) is 128 Å². The molecule has 5 saturated heterocycles. The van der Waals surface area contributed by atoms with Gasteiger partial charge < -0.3 is 59.9 Å². The Morgan fingerprint density at radius 1 is 0.390 bits per heavy atom. The van der Waals surface area contributed by atoms with Gasteiger partial charge in [0.25, 0.3) is 0 Å². The lowest BCUT2D eigenvalue weighted by Gasteiger charge is -2.46. The third-order valence-corrected chi connectivity index (χ3v) is 25.0. The maximum Gasteiger partial charge on any atom is 0.309 e.